The summed E-state index contributed by atoms with van der Waals surface area (Å²) in [6.45, 7) is 7.29. The number of carbonyl (C=O) groups excluding carboxylic acids is 1. The minimum absolute atomic E-state index is 0.0600. The lowest BCUT2D eigenvalue weighted by atomic mass is 10.0. The van der Waals surface area contributed by atoms with E-state index in [1.165, 1.54) is 57.8 Å². The van der Waals surface area contributed by atoms with E-state index in [0.29, 0.717) is 36.2 Å². The maximum absolute atomic E-state index is 13.5. The second-order valence-electron chi connectivity index (χ2n) is 10.5. The first-order chi connectivity index (χ1) is 18.6. The molecule has 5 heteroatoms. The number of unbranched alkanes of at least 4 members (excludes halogenated alkanes) is 10. The number of benzene rings is 2. The normalized spacial score (nSPS) is 12.1. The average Bonchev–Trinajstić information content (AvgIpc) is 2.94. The second-order valence-corrected chi connectivity index (χ2v) is 10.5. The van der Waals surface area contributed by atoms with Crippen LogP contribution in [0.3, 0.4) is 0 Å². The van der Waals surface area contributed by atoms with Crippen molar-refractivity contribution in [2.45, 2.75) is 110 Å². The lowest BCUT2D eigenvalue weighted by molar-refractivity contribution is -0.133. The molecule has 1 heterocycles. The summed E-state index contributed by atoms with van der Waals surface area (Å²) in [7, 11) is 0. The van der Waals surface area contributed by atoms with Crippen molar-refractivity contribution >= 4 is 16.8 Å². The summed E-state index contributed by atoms with van der Waals surface area (Å²) in [4.78, 5) is 33.6. The smallest absolute Gasteiger partial charge is 0.261 e. The molecule has 3 rings (SSSR count). The topological polar surface area (TPSA) is 55.2 Å². The molecule has 0 spiro atoms. The van der Waals surface area contributed by atoms with E-state index in [1.807, 2.05) is 73.3 Å². The Morgan fingerprint density at radius 3 is 2.03 bits per heavy atom. The summed E-state index contributed by atoms with van der Waals surface area (Å²) < 4.78 is 1.75. The Morgan fingerprint density at radius 1 is 0.816 bits per heavy atom. The van der Waals surface area contributed by atoms with E-state index in [-0.39, 0.29) is 17.5 Å². The Bertz CT molecular complexity index is 1170. The highest BCUT2D eigenvalue weighted by atomic mass is 16.2. The molecule has 0 saturated carbocycles. The molecule has 0 aliphatic rings. The molecule has 1 atom stereocenters. The molecule has 0 N–H and O–H groups in total. The number of nitrogens with zero attached hydrogens (tertiary/aromatic N) is 3. The van der Waals surface area contributed by atoms with E-state index < -0.39 is 0 Å². The highest BCUT2D eigenvalue weighted by Gasteiger charge is 2.25. The molecule has 0 bridgehead atoms. The zero-order valence-corrected chi connectivity index (χ0v) is 23.8. The van der Waals surface area contributed by atoms with E-state index in [1.54, 1.807) is 4.57 Å². The van der Waals surface area contributed by atoms with Crippen molar-refractivity contribution in [1.29, 1.82) is 0 Å². The third kappa shape index (κ3) is 8.54. The van der Waals surface area contributed by atoms with Gasteiger partial charge in [-0.15, -0.1) is 0 Å². The van der Waals surface area contributed by atoms with E-state index in [2.05, 4.69) is 6.92 Å². The molecule has 0 fully saturated rings. The van der Waals surface area contributed by atoms with Crippen LogP contribution in [-0.4, -0.2) is 26.9 Å². The second kappa shape index (κ2) is 16.1. The molecule has 38 heavy (non-hydrogen) atoms. The van der Waals surface area contributed by atoms with Gasteiger partial charge in [0.1, 0.15) is 5.82 Å². The molecule has 0 saturated heterocycles. The highest BCUT2D eigenvalue weighted by Crippen LogP contribution is 2.22. The fraction of sp³-hybridized carbons (Fsp3) is 0.545. The number of fused-ring (bicyclic) bond motifs is 1. The SMILES string of the molecule is CCCCCCCCCCCCCC(=O)N(CC)C(C)c1nc2ccccc2c(=O)n1Cc1ccccc1. The minimum Gasteiger partial charge on any atom is -0.333 e. The molecule has 2 aromatic carbocycles. The van der Waals surface area contributed by atoms with Crippen LogP contribution in [-0.2, 0) is 11.3 Å². The Morgan fingerprint density at radius 2 is 1.39 bits per heavy atom. The summed E-state index contributed by atoms with van der Waals surface area (Å²) in [6, 6.07) is 17.2. The predicted octanol–water partition coefficient (Wildman–Crippen LogP) is 8.06. The lowest BCUT2D eigenvalue weighted by Gasteiger charge is -2.29. The molecule has 206 valence electrons. The first-order valence-corrected chi connectivity index (χ1v) is 14.9. The molecular formula is C33H47N3O2. The van der Waals surface area contributed by atoms with Gasteiger partial charge in [0.15, 0.2) is 0 Å². The van der Waals surface area contributed by atoms with Crippen LogP contribution in [0.25, 0.3) is 10.9 Å². The van der Waals surface area contributed by atoms with Crippen LogP contribution in [0.2, 0.25) is 0 Å². The monoisotopic (exact) mass is 517 g/mol. The van der Waals surface area contributed by atoms with Gasteiger partial charge in [-0.1, -0.05) is 114 Å². The number of amides is 1. The Balaban J connectivity index is 1.61. The van der Waals surface area contributed by atoms with Crippen LogP contribution in [0.5, 0.6) is 0 Å². The van der Waals surface area contributed by atoms with E-state index >= 15 is 0 Å². The van der Waals surface area contributed by atoms with Gasteiger partial charge in [-0.2, -0.15) is 0 Å². The van der Waals surface area contributed by atoms with Crippen LogP contribution >= 0.6 is 0 Å². The molecule has 5 nitrogen and oxygen atoms in total. The van der Waals surface area contributed by atoms with Crippen LogP contribution < -0.4 is 5.56 Å². The maximum Gasteiger partial charge on any atom is 0.261 e. The van der Waals surface area contributed by atoms with Crippen molar-refractivity contribution in [3.05, 3.63) is 76.3 Å². The van der Waals surface area contributed by atoms with Gasteiger partial charge < -0.3 is 4.90 Å². The molecule has 0 aliphatic heterocycles. The predicted molar refractivity (Wildman–Crippen MR) is 158 cm³/mol. The number of hydrogen-bond acceptors (Lipinski definition) is 3. The van der Waals surface area contributed by atoms with Crippen LogP contribution in [0.1, 0.15) is 115 Å². The summed E-state index contributed by atoms with van der Waals surface area (Å²) in [5.74, 6) is 0.788. The third-order valence-corrected chi connectivity index (χ3v) is 7.57. The molecule has 1 amide bonds. The lowest BCUT2D eigenvalue weighted by Crippen LogP contribution is -2.37. The van der Waals surface area contributed by atoms with Gasteiger partial charge in [-0.05, 0) is 38.0 Å². The number of carbonyl (C=O) groups is 1. The fourth-order valence-electron chi connectivity index (χ4n) is 5.31. The van der Waals surface area contributed by atoms with Gasteiger partial charge in [0.2, 0.25) is 5.91 Å². The van der Waals surface area contributed by atoms with E-state index in [9.17, 15) is 9.59 Å². The van der Waals surface area contributed by atoms with Gasteiger partial charge in [-0.3, -0.25) is 14.2 Å². The van der Waals surface area contributed by atoms with Crippen LogP contribution in [0.15, 0.2) is 59.4 Å². The van der Waals surface area contributed by atoms with Crippen molar-refractivity contribution in [3.8, 4) is 0 Å². The minimum atomic E-state index is -0.291. The standard InChI is InChI=1S/C33H47N3O2/c1-4-6-7-8-9-10-11-12-13-14-18-25-31(37)35(5-2)27(3)32-34-30-24-20-19-23-29(30)33(38)36(32)26-28-21-16-15-17-22-28/h15-17,19-24,27H,4-14,18,25-26H2,1-3H3. The molecule has 1 unspecified atom stereocenters. The summed E-state index contributed by atoms with van der Waals surface area (Å²) in [6.07, 6.45) is 14.5. The largest absolute Gasteiger partial charge is 0.333 e. The summed E-state index contributed by atoms with van der Waals surface area (Å²) >= 11 is 0. The Kier molecular flexibility index (Phi) is 12.5. The Hall–Kier alpha value is -2.95. The maximum atomic E-state index is 13.5. The molecule has 3 aromatic rings. The van der Waals surface area contributed by atoms with Gasteiger partial charge in [0.05, 0.1) is 23.5 Å². The molecule has 0 radical (unpaired) electrons. The van der Waals surface area contributed by atoms with Crippen molar-refractivity contribution in [1.82, 2.24) is 14.5 Å². The van der Waals surface area contributed by atoms with E-state index in [4.69, 9.17) is 4.98 Å². The van der Waals surface area contributed by atoms with Crippen LogP contribution in [0.4, 0.5) is 0 Å². The van der Waals surface area contributed by atoms with Crippen LogP contribution in [0, 0.1) is 0 Å². The summed E-state index contributed by atoms with van der Waals surface area (Å²) in [5, 5.41) is 0.606. The number of para-hydroxylation sites is 1. The van der Waals surface area contributed by atoms with Gasteiger partial charge in [0.25, 0.3) is 5.56 Å². The van der Waals surface area contributed by atoms with E-state index in [0.717, 1.165) is 18.4 Å². The quantitative estimate of drug-likeness (QED) is 0.170. The summed E-state index contributed by atoms with van der Waals surface area (Å²) in [5.41, 5.74) is 1.66. The number of hydrogen-bond donors (Lipinski definition) is 0. The average molecular weight is 518 g/mol. The molecule has 1 aromatic heterocycles. The molecular weight excluding hydrogens is 470 g/mol. The zero-order valence-electron chi connectivity index (χ0n) is 23.8. The molecule has 0 aliphatic carbocycles. The number of rotatable bonds is 17. The number of aromatic nitrogens is 2. The van der Waals surface area contributed by atoms with Gasteiger partial charge in [-0.25, -0.2) is 4.98 Å². The Labute approximate surface area is 229 Å². The first kappa shape index (κ1) is 29.6. The van der Waals surface area contributed by atoms with Gasteiger partial charge in [0, 0.05) is 13.0 Å². The fourth-order valence-corrected chi connectivity index (χ4v) is 5.31. The van der Waals surface area contributed by atoms with Crippen molar-refractivity contribution in [2.75, 3.05) is 6.54 Å². The highest BCUT2D eigenvalue weighted by molar-refractivity contribution is 5.78. The van der Waals surface area contributed by atoms with Gasteiger partial charge >= 0.3 is 0 Å². The zero-order chi connectivity index (χ0) is 27.2. The van der Waals surface area contributed by atoms with Crippen molar-refractivity contribution in [3.63, 3.8) is 0 Å². The first-order valence-electron chi connectivity index (χ1n) is 14.9. The third-order valence-electron chi connectivity index (χ3n) is 7.57. The van der Waals surface area contributed by atoms with Crippen molar-refractivity contribution in [2.24, 2.45) is 0 Å². The van der Waals surface area contributed by atoms with Crippen molar-refractivity contribution < 1.29 is 4.79 Å².